The minimum atomic E-state index is -0.0962. The quantitative estimate of drug-likeness (QED) is 0.752. The van der Waals surface area contributed by atoms with Crippen molar-refractivity contribution in [3.05, 3.63) is 71.6 Å². The number of rotatable bonds is 6. The van der Waals surface area contributed by atoms with Crippen LogP contribution in [0.15, 0.2) is 48.8 Å². The summed E-state index contributed by atoms with van der Waals surface area (Å²) in [5.74, 6) is 1.26. The molecule has 2 aromatic heterocycles. The second kappa shape index (κ2) is 7.34. The second-order valence-corrected chi connectivity index (χ2v) is 6.49. The highest BCUT2D eigenvalue weighted by atomic mass is 16.2. The van der Waals surface area contributed by atoms with E-state index in [4.69, 9.17) is 0 Å². The number of H-pyrrole nitrogens is 1. The summed E-state index contributed by atoms with van der Waals surface area (Å²) in [4.78, 5) is 18.6. The van der Waals surface area contributed by atoms with Gasteiger partial charge in [0.25, 0.3) is 5.91 Å². The molecule has 0 fully saturated rings. The number of imidazole rings is 1. The average Bonchev–Trinajstić information content (AvgIpc) is 3.25. The molecule has 0 saturated heterocycles. The van der Waals surface area contributed by atoms with Gasteiger partial charge in [0.15, 0.2) is 0 Å². The number of benzene rings is 1. The SMILES string of the molecule is CC(C)c1nccn1Cc1cc(C(=O)N(C)Cc2ccccc2)n[nH]1. The van der Waals surface area contributed by atoms with Crippen LogP contribution in [0.1, 0.15) is 47.3 Å². The fourth-order valence-corrected chi connectivity index (χ4v) is 2.82. The molecule has 3 rings (SSSR count). The van der Waals surface area contributed by atoms with Crippen LogP contribution in [-0.4, -0.2) is 37.6 Å². The number of aromatic nitrogens is 4. The lowest BCUT2D eigenvalue weighted by molar-refractivity contribution is 0.0779. The molecule has 0 unspecified atom stereocenters. The van der Waals surface area contributed by atoms with Crippen LogP contribution in [-0.2, 0) is 13.1 Å². The molecule has 2 heterocycles. The summed E-state index contributed by atoms with van der Waals surface area (Å²) in [6.45, 7) is 5.40. The van der Waals surface area contributed by atoms with E-state index in [2.05, 4.69) is 33.6 Å². The molecule has 0 bridgehead atoms. The fraction of sp³-hybridized carbons (Fsp3) is 0.316. The Kier molecular flexibility index (Phi) is 4.97. The first-order valence-corrected chi connectivity index (χ1v) is 8.39. The molecule has 6 heteroatoms. The van der Waals surface area contributed by atoms with Crippen molar-refractivity contribution in [3.63, 3.8) is 0 Å². The third-order valence-corrected chi connectivity index (χ3v) is 4.06. The second-order valence-electron chi connectivity index (χ2n) is 6.49. The standard InChI is InChI=1S/C19H23N5O/c1-14(2)18-20-9-10-24(18)13-16-11-17(22-21-16)19(25)23(3)12-15-7-5-4-6-8-15/h4-11,14H,12-13H2,1-3H3,(H,21,22). The van der Waals surface area contributed by atoms with Crippen molar-refractivity contribution in [2.45, 2.75) is 32.9 Å². The van der Waals surface area contributed by atoms with Crippen LogP contribution < -0.4 is 0 Å². The van der Waals surface area contributed by atoms with Gasteiger partial charge in [0.2, 0.25) is 0 Å². The summed E-state index contributed by atoms with van der Waals surface area (Å²) in [5.41, 5.74) is 2.41. The molecule has 0 saturated carbocycles. The Bertz CT molecular complexity index is 834. The maximum Gasteiger partial charge on any atom is 0.274 e. The third kappa shape index (κ3) is 3.96. The smallest absolute Gasteiger partial charge is 0.274 e. The molecule has 0 spiro atoms. The first-order chi connectivity index (χ1) is 12.0. The minimum absolute atomic E-state index is 0.0962. The van der Waals surface area contributed by atoms with E-state index in [1.165, 1.54) is 0 Å². The van der Waals surface area contributed by atoms with Crippen LogP contribution in [0.25, 0.3) is 0 Å². The van der Waals surface area contributed by atoms with Gasteiger partial charge in [-0.2, -0.15) is 5.10 Å². The maximum atomic E-state index is 12.6. The van der Waals surface area contributed by atoms with E-state index >= 15 is 0 Å². The van der Waals surface area contributed by atoms with Crippen molar-refractivity contribution in [3.8, 4) is 0 Å². The Labute approximate surface area is 147 Å². The Hall–Kier alpha value is -2.89. The minimum Gasteiger partial charge on any atom is -0.336 e. The number of carbonyl (C=O) groups excluding carboxylic acids is 1. The number of hydrogen-bond acceptors (Lipinski definition) is 3. The Morgan fingerprint density at radius 3 is 2.76 bits per heavy atom. The van der Waals surface area contributed by atoms with Gasteiger partial charge in [-0.15, -0.1) is 0 Å². The van der Waals surface area contributed by atoms with Gasteiger partial charge in [0.1, 0.15) is 11.5 Å². The first kappa shape index (κ1) is 17.0. The van der Waals surface area contributed by atoms with E-state index in [0.717, 1.165) is 17.1 Å². The number of carbonyl (C=O) groups is 1. The van der Waals surface area contributed by atoms with Crippen molar-refractivity contribution < 1.29 is 4.79 Å². The van der Waals surface area contributed by atoms with E-state index < -0.39 is 0 Å². The highest BCUT2D eigenvalue weighted by Crippen LogP contribution is 2.14. The van der Waals surface area contributed by atoms with Crippen molar-refractivity contribution in [1.82, 2.24) is 24.6 Å². The number of nitrogens with zero attached hydrogens (tertiary/aromatic N) is 4. The van der Waals surface area contributed by atoms with Crippen molar-refractivity contribution >= 4 is 5.91 Å². The topological polar surface area (TPSA) is 66.8 Å². The van der Waals surface area contributed by atoms with Gasteiger partial charge >= 0.3 is 0 Å². The third-order valence-electron chi connectivity index (χ3n) is 4.06. The average molecular weight is 337 g/mol. The molecule has 0 aliphatic heterocycles. The molecule has 1 aromatic carbocycles. The molecule has 3 aromatic rings. The lowest BCUT2D eigenvalue weighted by atomic mass is 10.2. The van der Waals surface area contributed by atoms with Crippen LogP contribution in [0.2, 0.25) is 0 Å². The fourth-order valence-electron chi connectivity index (χ4n) is 2.82. The Morgan fingerprint density at radius 2 is 2.04 bits per heavy atom. The van der Waals surface area contributed by atoms with E-state index in [-0.39, 0.29) is 5.91 Å². The van der Waals surface area contributed by atoms with Crippen LogP contribution in [0.4, 0.5) is 0 Å². The van der Waals surface area contributed by atoms with Crippen molar-refractivity contribution in [2.75, 3.05) is 7.05 Å². The number of amides is 1. The number of aromatic amines is 1. The van der Waals surface area contributed by atoms with Gasteiger partial charge in [-0.1, -0.05) is 44.2 Å². The predicted octanol–water partition coefficient (Wildman–Crippen LogP) is 3.05. The van der Waals surface area contributed by atoms with Crippen molar-refractivity contribution in [1.29, 1.82) is 0 Å². The predicted molar refractivity (Wildman–Crippen MR) is 96.2 cm³/mol. The molecular weight excluding hydrogens is 314 g/mol. The van der Waals surface area contributed by atoms with Gasteiger partial charge in [-0.05, 0) is 11.6 Å². The normalized spacial score (nSPS) is 11.0. The summed E-state index contributed by atoms with van der Waals surface area (Å²) >= 11 is 0. The molecule has 0 aliphatic carbocycles. The summed E-state index contributed by atoms with van der Waals surface area (Å²) in [5, 5.41) is 7.15. The summed E-state index contributed by atoms with van der Waals surface area (Å²) in [7, 11) is 1.79. The highest BCUT2D eigenvalue weighted by Gasteiger charge is 2.16. The van der Waals surface area contributed by atoms with Gasteiger partial charge in [-0.3, -0.25) is 9.89 Å². The molecule has 1 amide bonds. The molecule has 0 aliphatic rings. The summed E-state index contributed by atoms with van der Waals surface area (Å²) < 4.78 is 2.07. The van der Waals surface area contributed by atoms with Crippen LogP contribution >= 0.6 is 0 Å². The number of nitrogens with one attached hydrogen (secondary N) is 1. The molecular formula is C19H23N5O. The molecule has 25 heavy (non-hydrogen) atoms. The number of hydrogen-bond donors (Lipinski definition) is 1. The van der Waals surface area contributed by atoms with Gasteiger partial charge < -0.3 is 9.47 Å². The zero-order valence-corrected chi connectivity index (χ0v) is 14.8. The zero-order valence-electron chi connectivity index (χ0n) is 14.8. The van der Waals surface area contributed by atoms with Crippen LogP contribution in [0, 0.1) is 0 Å². The lowest BCUT2D eigenvalue weighted by Crippen LogP contribution is -2.26. The Balaban J connectivity index is 1.68. The maximum absolute atomic E-state index is 12.6. The molecule has 0 atom stereocenters. The molecule has 1 N–H and O–H groups in total. The van der Waals surface area contributed by atoms with E-state index in [0.29, 0.717) is 24.7 Å². The van der Waals surface area contributed by atoms with E-state index in [9.17, 15) is 4.79 Å². The van der Waals surface area contributed by atoms with Gasteiger partial charge in [-0.25, -0.2) is 4.98 Å². The van der Waals surface area contributed by atoms with Gasteiger partial charge in [0.05, 0.1) is 12.2 Å². The zero-order chi connectivity index (χ0) is 17.8. The summed E-state index contributed by atoms with van der Waals surface area (Å²) in [6.07, 6.45) is 3.74. The highest BCUT2D eigenvalue weighted by molar-refractivity contribution is 5.92. The van der Waals surface area contributed by atoms with E-state index in [1.807, 2.05) is 42.6 Å². The molecule has 130 valence electrons. The van der Waals surface area contributed by atoms with E-state index in [1.54, 1.807) is 18.1 Å². The largest absolute Gasteiger partial charge is 0.336 e. The van der Waals surface area contributed by atoms with Crippen molar-refractivity contribution in [2.24, 2.45) is 0 Å². The van der Waals surface area contributed by atoms with Crippen LogP contribution in [0.5, 0.6) is 0 Å². The van der Waals surface area contributed by atoms with Crippen LogP contribution in [0.3, 0.4) is 0 Å². The molecule has 6 nitrogen and oxygen atoms in total. The first-order valence-electron chi connectivity index (χ1n) is 8.39. The summed E-state index contributed by atoms with van der Waals surface area (Å²) in [6, 6.07) is 11.7. The van der Waals surface area contributed by atoms with Gasteiger partial charge in [0, 0.05) is 31.9 Å². The molecule has 0 radical (unpaired) electrons. The monoisotopic (exact) mass is 337 g/mol. The Morgan fingerprint density at radius 1 is 1.28 bits per heavy atom. The lowest BCUT2D eigenvalue weighted by Gasteiger charge is -2.15.